The average Bonchev–Trinajstić information content (AvgIpc) is 2.59. The standard InChI is InChI=1S/C13H26N2O2/c1-9(2)10(8-17-4)15-12(16)13(3)7-5-6-11(13)14/h9-11H,5-8,14H2,1-4H3,(H,15,16). The molecule has 4 nitrogen and oxygen atoms in total. The second-order valence-corrected chi connectivity index (χ2v) is 5.70. The minimum absolute atomic E-state index is 0.0159. The van der Waals surface area contributed by atoms with Crippen molar-refractivity contribution in [3.8, 4) is 0 Å². The van der Waals surface area contributed by atoms with Crippen LogP contribution in [0.2, 0.25) is 0 Å². The molecule has 3 atom stereocenters. The van der Waals surface area contributed by atoms with Gasteiger partial charge in [-0.1, -0.05) is 20.3 Å². The molecule has 100 valence electrons. The predicted molar refractivity (Wildman–Crippen MR) is 68.6 cm³/mol. The number of carbonyl (C=O) groups excluding carboxylic acids is 1. The number of rotatable bonds is 5. The minimum atomic E-state index is -0.402. The summed E-state index contributed by atoms with van der Waals surface area (Å²) in [5, 5.41) is 3.09. The first kappa shape index (κ1) is 14.5. The summed E-state index contributed by atoms with van der Waals surface area (Å²) >= 11 is 0. The fraction of sp³-hybridized carbons (Fsp3) is 0.923. The minimum Gasteiger partial charge on any atom is -0.383 e. The highest BCUT2D eigenvalue weighted by molar-refractivity contribution is 5.83. The molecule has 3 unspecified atom stereocenters. The van der Waals surface area contributed by atoms with Crippen LogP contribution < -0.4 is 11.1 Å². The topological polar surface area (TPSA) is 64.3 Å². The smallest absolute Gasteiger partial charge is 0.227 e. The molecule has 1 aliphatic rings. The number of methoxy groups -OCH3 is 1. The first-order valence-corrected chi connectivity index (χ1v) is 6.47. The summed E-state index contributed by atoms with van der Waals surface area (Å²) in [7, 11) is 1.66. The summed E-state index contributed by atoms with van der Waals surface area (Å²) in [6.07, 6.45) is 2.88. The van der Waals surface area contributed by atoms with Crippen LogP contribution in [0.15, 0.2) is 0 Å². The highest BCUT2D eigenvalue weighted by Gasteiger charge is 2.43. The van der Waals surface area contributed by atoms with E-state index in [1.807, 2.05) is 6.92 Å². The van der Waals surface area contributed by atoms with Gasteiger partial charge in [-0.2, -0.15) is 0 Å². The zero-order valence-corrected chi connectivity index (χ0v) is 11.5. The zero-order chi connectivity index (χ0) is 13.1. The molecule has 0 aromatic heterocycles. The van der Waals surface area contributed by atoms with Crippen molar-refractivity contribution >= 4 is 5.91 Å². The fourth-order valence-corrected chi connectivity index (χ4v) is 2.39. The molecule has 0 aromatic carbocycles. The molecule has 1 amide bonds. The molecule has 1 saturated carbocycles. The van der Waals surface area contributed by atoms with Gasteiger partial charge in [0.05, 0.1) is 18.1 Å². The van der Waals surface area contributed by atoms with Crippen LogP contribution in [0.4, 0.5) is 0 Å². The maximum atomic E-state index is 12.3. The molecular formula is C13H26N2O2. The lowest BCUT2D eigenvalue weighted by molar-refractivity contribution is -0.132. The van der Waals surface area contributed by atoms with Crippen LogP contribution in [0.3, 0.4) is 0 Å². The Morgan fingerprint density at radius 3 is 2.65 bits per heavy atom. The highest BCUT2D eigenvalue weighted by Crippen LogP contribution is 2.37. The van der Waals surface area contributed by atoms with Gasteiger partial charge < -0.3 is 15.8 Å². The number of hydrogen-bond donors (Lipinski definition) is 2. The van der Waals surface area contributed by atoms with Gasteiger partial charge in [0, 0.05) is 13.2 Å². The number of carbonyl (C=O) groups is 1. The average molecular weight is 242 g/mol. The molecule has 4 heteroatoms. The lowest BCUT2D eigenvalue weighted by Gasteiger charge is -2.31. The van der Waals surface area contributed by atoms with E-state index < -0.39 is 5.41 Å². The monoisotopic (exact) mass is 242 g/mol. The third kappa shape index (κ3) is 3.19. The van der Waals surface area contributed by atoms with Gasteiger partial charge in [-0.25, -0.2) is 0 Å². The van der Waals surface area contributed by atoms with E-state index in [0.29, 0.717) is 12.5 Å². The molecule has 1 aliphatic carbocycles. The van der Waals surface area contributed by atoms with Crippen LogP contribution in [-0.2, 0) is 9.53 Å². The molecule has 0 bridgehead atoms. The molecule has 1 rings (SSSR count). The molecule has 1 fully saturated rings. The first-order chi connectivity index (χ1) is 7.91. The highest BCUT2D eigenvalue weighted by atomic mass is 16.5. The van der Waals surface area contributed by atoms with Crippen molar-refractivity contribution in [1.29, 1.82) is 0 Å². The van der Waals surface area contributed by atoms with Crippen molar-refractivity contribution in [1.82, 2.24) is 5.32 Å². The number of hydrogen-bond acceptors (Lipinski definition) is 3. The second kappa shape index (κ2) is 5.83. The van der Waals surface area contributed by atoms with E-state index in [1.54, 1.807) is 7.11 Å². The molecule has 0 saturated heterocycles. The van der Waals surface area contributed by atoms with Gasteiger partial charge in [-0.3, -0.25) is 4.79 Å². The SMILES string of the molecule is COCC(NC(=O)C1(C)CCCC1N)C(C)C. The van der Waals surface area contributed by atoms with E-state index in [1.165, 1.54) is 0 Å². The van der Waals surface area contributed by atoms with Gasteiger partial charge in [0.1, 0.15) is 0 Å². The first-order valence-electron chi connectivity index (χ1n) is 6.47. The Bertz CT molecular complexity index is 268. The van der Waals surface area contributed by atoms with Crippen molar-refractivity contribution in [3.63, 3.8) is 0 Å². The summed E-state index contributed by atoms with van der Waals surface area (Å²) in [6, 6.07) is 0.0509. The van der Waals surface area contributed by atoms with Gasteiger partial charge in [0.2, 0.25) is 5.91 Å². The van der Waals surface area contributed by atoms with Gasteiger partial charge >= 0.3 is 0 Å². The maximum Gasteiger partial charge on any atom is 0.227 e. The van der Waals surface area contributed by atoms with E-state index >= 15 is 0 Å². The van der Waals surface area contributed by atoms with E-state index in [-0.39, 0.29) is 18.0 Å². The number of nitrogens with two attached hydrogens (primary N) is 1. The number of ether oxygens (including phenoxy) is 1. The van der Waals surface area contributed by atoms with Crippen molar-refractivity contribution in [3.05, 3.63) is 0 Å². The van der Waals surface area contributed by atoms with E-state index in [9.17, 15) is 4.79 Å². The van der Waals surface area contributed by atoms with Crippen molar-refractivity contribution in [2.75, 3.05) is 13.7 Å². The Balaban J connectivity index is 2.63. The lowest BCUT2D eigenvalue weighted by atomic mass is 9.83. The largest absolute Gasteiger partial charge is 0.383 e. The van der Waals surface area contributed by atoms with E-state index in [2.05, 4.69) is 19.2 Å². The van der Waals surface area contributed by atoms with Gasteiger partial charge in [-0.15, -0.1) is 0 Å². The Labute approximate surface area is 104 Å². The van der Waals surface area contributed by atoms with Crippen LogP contribution in [-0.4, -0.2) is 31.7 Å². The van der Waals surface area contributed by atoms with Crippen molar-refractivity contribution in [2.45, 2.75) is 52.1 Å². The number of amides is 1. The Hall–Kier alpha value is -0.610. The molecule has 0 radical (unpaired) electrons. The molecular weight excluding hydrogens is 216 g/mol. The third-order valence-corrected chi connectivity index (χ3v) is 4.02. The van der Waals surface area contributed by atoms with Crippen molar-refractivity contribution < 1.29 is 9.53 Å². The van der Waals surface area contributed by atoms with Crippen LogP contribution >= 0.6 is 0 Å². The second-order valence-electron chi connectivity index (χ2n) is 5.70. The fourth-order valence-electron chi connectivity index (χ4n) is 2.39. The van der Waals surface area contributed by atoms with Gasteiger partial charge in [0.15, 0.2) is 0 Å². The summed E-state index contributed by atoms with van der Waals surface area (Å²) in [5.74, 6) is 0.443. The Morgan fingerprint density at radius 2 is 2.24 bits per heavy atom. The number of nitrogens with one attached hydrogen (secondary N) is 1. The Kier molecular flexibility index (Phi) is 4.95. The summed E-state index contributed by atoms with van der Waals surface area (Å²) < 4.78 is 5.14. The van der Waals surface area contributed by atoms with Crippen LogP contribution in [0.25, 0.3) is 0 Å². The van der Waals surface area contributed by atoms with Crippen molar-refractivity contribution in [2.24, 2.45) is 17.1 Å². The molecule has 0 aromatic rings. The molecule has 0 aliphatic heterocycles. The zero-order valence-electron chi connectivity index (χ0n) is 11.5. The van der Waals surface area contributed by atoms with Gasteiger partial charge in [0.25, 0.3) is 0 Å². The van der Waals surface area contributed by atoms with Crippen LogP contribution in [0, 0.1) is 11.3 Å². The van der Waals surface area contributed by atoms with E-state index in [4.69, 9.17) is 10.5 Å². The predicted octanol–water partition coefficient (Wildman–Crippen LogP) is 1.29. The van der Waals surface area contributed by atoms with Crippen LogP contribution in [0.5, 0.6) is 0 Å². The quantitative estimate of drug-likeness (QED) is 0.763. The normalized spacial score (nSPS) is 30.6. The maximum absolute atomic E-state index is 12.3. The van der Waals surface area contributed by atoms with Gasteiger partial charge in [-0.05, 0) is 25.7 Å². The van der Waals surface area contributed by atoms with Crippen LogP contribution in [0.1, 0.15) is 40.0 Å². The summed E-state index contributed by atoms with van der Waals surface area (Å²) in [6.45, 7) is 6.70. The Morgan fingerprint density at radius 1 is 1.59 bits per heavy atom. The summed E-state index contributed by atoms with van der Waals surface area (Å²) in [5.41, 5.74) is 5.65. The lowest BCUT2D eigenvalue weighted by Crippen LogP contribution is -2.52. The summed E-state index contributed by atoms with van der Waals surface area (Å²) in [4.78, 5) is 12.3. The molecule has 0 spiro atoms. The van der Waals surface area contributed by atoms with E-state index in [0.717, 1.165) is 19.3 Å². The molecule has 0 heterocycles. The molecule has 17 heavy (non-hydrogen) atoms. The third-order valence-electron chi connectivity index (χ3n) is 4.02. The molecule has 3 N–H and O–H groups in total.